The minimum atomic E-state index is -2.51. The Bertz CT molecular complexity index is 967. The third-order valence-electron chi connectivity index (χ3n) is 8.67. The summed E-state index contributed by atoms with van der Waals surface area (Å²) in [7, 11) is -2.39. The van der Waals surface area contributed by atoms with Gasteiger partial charge in [0.15, 0.2) is 0 Å². The molecule has 1 atom stereocenters. The first kappa shape index (κ1) is 37.3. The Morgan fingerprint density at radius 1 is 0.775 bits per heavy atom. The zero-order chi connectivity index (χ0) is 29.3. The van der Waals surface area contributed by atoms with Gasteiger partial charge in [-0.25, -0.2) is 0 Å². The third kappa shape index (κ3) is 11.9. The van der Waals surface area contributed by atoms with Gasteiger partial charge in [-0.2, -0.15) is 0 Å². The van der Waals surface area contributed by atoms with E-state index in [0.717, 1.165) is 12.8 Å². The van der Waals surface area contributed by atoms with E-state index in [4.69, 9.17) is 0 Å². The Labute approximate surface area is 258 Å². The summed E-state index contributed by atoms with van der Waals surface area (Å²) in [5.74, 6) is 0.588. The van der Waals surface area contributed by atoms with Crippen molar-refractivity contribution in [2.75, 3.05) is 0 Å². The van der Waals surface area contributed by atoms with Gasteiger partial charge in [0.05, 0.1) is 16.1 Å². The molecule has 1 aromatic carbocycles. The fraction of sp³-hybridized carbons (Fsp3) is 0.618. The van der Waals surface area contributed by atoms with Crippen LogP contribution in [-0.4, -0.2) is 33.0 Å². The van der Waals surface area contributed by atoms with Gasteiger partial charge < -0.3 is 0 Å². The first-order valence-corrected chi connectivity index (χ1v) is 27.4. The number of carbonyl (C=O) groups is 1. The van der Waals surface area contributed by atoms with Gasteiger partial charge in [-0.15, -0.1) is 0 Å². The number of fused-ring (bicyclic) bond motifs is 1. The molecule has 40 heavy (non-hydrogen) atoms. The summed E-state index contributed by atoms with van der Waals surface area (Å²) in [5, 5.41) is 7.46. The number of nitrogens with one attached hydrogen (secondary N) is 1. The third-order valence-corrected chi connectivity index (χ3v) is 17.8. The molecule has 0 saturated heterocycles. The average molecular weight is 634 g/mol. The van der Waals surface area contributed by atoms with E-state index in [9.17, 15) is 4.79 Å². The van der Waals surface area contributed by atoms with Crippen molar-refractivity contribution in [3.63, 3.8) is 0 Å². The molecule has 2 aliphatic rings. The van der Waals surface area contributed by atoms with Gasteiger partial charge in [0.25, 0.3) is 0 Å². The summed E-state index contributed by atoms with van der Waals surface area (Å²) in [4.78, 5) is 13.2. The van der Waals surface area contributed by atoms with Crippen molar-refractivity contribution in [1.29, 1.82) is 0 Å². The molecule has 0 radical (unpaired) electrons. The fourth-order valence-electron chi connectivity index (χ4n) is 5.71. The maximum absolute atomic E-state index is 13.2. The van der Waals surface area contributed by atoms with Crippen molar-refractivity contribution >= 4 is 39.1 Å². The number of allylic oxidation sites excluding steroid dienone is 3. The Kier molecular flexibility index (Phi) is 15.7. The zero-order valence-electron chi connectivity index (χ0n) is 26.7. The van der Waals surface area contributed by atoms with Crippen molar-refractivity contribution in [2.45, 2.75) is 125 Å². The molecule has 1 saturated carbocycles. The van der Waals surface area contributed by atoms with E-state index in [-0.39, 0.29) is 16.9 Å². The van der Waals surface area contributed by atoms with Gasteiger partial charge in [0, 0.05) is 0 Å². The first-order valence-electron chi connectivity index (χ1n) is 15.6. The van der Waals surface area contributed by atoms with Crippen molar-refractivity contribution in [3.05, 3.63) is 65.0 Å². The molecule has 0 heterocycles. The van der Waals surface area contributed by atoms with Crippen LogP contribution in [0.1, 0.15) is 86.0 Å². The van der Waals surface area contributed by atoms with E-state index in [0.29, 0.717) is 10.1 Å². The molecule has 3 rings (SSSR count). The van der Waals surface area contributed by atoms with Gasteiger partial charge in [-0.05, 0) is 11.0 Å². The van der Waals surface area contributed by atoms with Crippen LogP contribution in [0.2, 0.25) is 49.7 Å². The predicted molar refractivity (Wildman–Crippen MR) is 189 cm³/mol. The van der Waals surface area contributed by atoms with Crippen LogP contribution in [0.15, 0.2) is 53.9 Å². The molecule has 1 amide bonds. The number of hydrogen-bond donors (Lipinski definition) is 1. The average Bonchev–Trinajstić information content (AvgIpc) is 3.28. The molecule has 1 aromatic rings. The quantitative estimate of drug-likeness (QED) is 0.245. The summed E-state index contributed by atoms with van der Waals surface area (Å²) in [6.07, 6.45) is 18.7. The second kappa shape index (κ2) is 16.8. The van der Waals surface area contributed by atoms with E-state index in [1.54, 1.807) is 0 Å². The van der Waals surface area contributed by atoms with Crippen molar-refractivity contribution in [1.82, 2.24) is 3.80 Å². The minimum Gasteiger partial charge on any atom is -0.0149 e. The number of rotatable bonds is 6. The van der Waals surface area contributed by atoms with E-state index in [2.05, 4.69) is 103 Å². The summed E-state index contributed by atoms with van der Waals surface area (Å²) >= 11 is -2.51. The summed E-state index contributed by atoms with van der Waals surface area (Å²) < 4.78 is 4.06. The van der Waals surface area contributed by atoms with Crippen LogP contribution in [0.3, 0.4) is 0 Å². The largest absolute Gasteiger partial charge is 0.0149 e. The molecule has 0 aliphatic heterocycles. The molecule has 0 aromatic heterocycles. The van der Waals surface area contributed by atoms with E-state index in [1.165, 1.54) is 79.3 Å². The normalized spacial score (nSPS) is 19.1. The monoisotopic (exact) mass is 633 g/mol. The SMILES string of the molecule is C=C(C(=C)[Si](C)(C)C)[Si](C)(C)C.[CH3][Ti]([CH3])([NH]C(=O)C1CCCCCCCCCCC1)[CH]1C=Cc2ccccc21.[SiH4]. The molecule has 6 heteroatoms. The van der Waals surface area contributed by atoms with Crippen LogP contribution in [-0.2, 0) is 21.6 Å². The van der Waals surface area contributed by atoms with Crippen LogP contribution in [0.25, 0.3) is 6.08 Å². The number of amides is 1. The number of hydrogen-bond acceptors (Lipinski definition) is 1. The summed E-state index contributed by atoms with van der Waals surface area (Å²) in [5.41, 5.74) is 2.75. The molecule has 1 unspecified atom stereocenters. The van der Waals surface area contributed by atoms with Crippen molar-refractivity contribution in [3.8, 4) is 0 Å². The van der Waals surface area contributed by atoms with Gasteiger partial charge in [0.2, 0.25) is 0 Å². The molecule has 0 bridgehead atoms. The van der Waals surface area contributed by atoms with Crippen LogP contribution in [0, 0.1) is 5.92 Å². The van der Waals surface area contributed by atoms with Crippen molar-refractivity contribution in [2.24, 2.45) is 5.92 Å². The van der Waals surface area contributed by atoms with Crippen LogP contribution in [0.4, 0.5) is 0 Å². The summed E-state index contributed by atoms with van der Waals surface area (Å²) in [6.45, 7) is 22.4. The van der Waals surface area contributed by atoms with Gasteiger partial charge in [-0.1, -0.05) is 62.8 Å². The Balaban J connectivity index is 0.000000525. The smallest absolute Gasteiger partial charge is 0.0149 e. The molecule has 2 nitrogen and oxygen atoms in total. The van der Waals surface area contributed by atoms with Crippen LogP contribution < -0.4 is 3.80 Å². The van der Waals surface area contributed by atoms with Crippen molar-refractivity contribution < 1.29 is 21.6 Å². The minimum absolute atomic E-state index is 0. The second-order valence-corrected chi connectivity index (χ2v) is 31.5. The predicted octanol–water partition coefficient (Wildman–Crippen LogP) is 9.36. The molecule has 2 aliphatic carbocycles. The molecule has 226 valence electrons. The zero-order valence-corrected chi connectivity index (χ0v) is 30.3. The second-order valence-electron chi connectivity index (χ2n) is 14.6. The first-order chi connectivity index (χ1) is 18.1. The number of carbonyl (C=O) groups excluding carboxylic acids is 1. The molecule has 1 N–H and O–H groups in total. The van der Waals surface area contributed by atoms with Crippen LogP contribution in [0.5, 0.6) is 0 Å². The Morgan fingerprint density at radius 2 is 1.20 bits per heavy atom. The van der Waals surface area contributed by atoms with E-state index >= 15 is 0 Å². The van der Waals surface area contributed by atoms with Gasteiger partial charge in [0.1, 0.15) is 0 Å². The van der Waals surface area contributed by atoms with Gasteiger partial charge in [-0.3, -0.25) is 0 Å². The van der Waals surface area contributed by atoms with Gasteiger partial charge >= 0.3 is 170 Å². The Morgan fingerprint density at radius 3 is 1.65 bits per heavy atom. The van der Waals surface area contributed by atoms with Crippen LogP contribution >= 0.6 is 0 Å². The Hall–Kier alpha value is -0.725. The summed E-state index contributed by atoms with van der Waals surface area (Å²) in [6, 6.07) is 8.68. The topological polar surface area (TPSA) is 29.1 Å². The number of benzene rings is 1. The molecule has 0 spiro atoms. The maximum Gasteiger partial charge on any atom is -0.0149 e. The maximum atomic E-state index is 13.2. The van der Waals surface area contributed by atoms with E-state index in [1.807, 2.05) is 0 Å². The standard InChI is InChI=1S/C13H25NO.C10H22Si2.C9H7.2CH3.H4Si.Ti/c14-13(15)12-10-8-6-4-2-1-3-5-7-9-11-12;1-9(11(3,4)5)10(2)12(6,7)8;1-2-5-9-7-3-6-8(9)4-1;;;;/h12H,1-11H2,(H2,14,15);1-2H2,3-8H3;1-7H;2*1H3;1H4;/q;;;;;;+1/p-1. The van der Waals surface area contributed by atoms with E-state index < -0.39 is 33.0 Å². The molecular formula is C34H63NOSi3Ti. The molecule has 1 fully saturated rings. The molecular weight excluding hydrogens is 571 g/mol. The fourth-order valence-corrected chi connectivity index (χ4v) is 13.8.